The predicted molar refractivity (Wildman–Crippen MR) is 68.7 cm³/mol. The molecule has 2 nitrogen and oxygen atoms in total. The molecule has 0 aromatic heterocycles. The van der Waals surface area contributed by atoms with Gasteiger partial charge in [-0.25, -0.2) is 0 Å². The van der Waals surface area contributed by atoms with Crippen LogP contribution in [0.5, 0.6) is 0 Å². The van der Waals surface area contributed by atoms with E-state index in [-0.39, 0.29) is 11.4 Å². The Morgan fingerprint density at radius 1 is 1.28 bits per heavy atom. The van der Waals surface area contributed by atoms with Crippen LogP contribution >= 0.6 is 0 Å². The van der Waals surface area contributed by atoms with Crippen molar-refractivity contribution in [1.82, 2.24) is 0 Å². The zero-order valence-corrected chi connectivity index (χ0v) is 11.3. The number of methoxy groups -OCH3 is 1. The molecule has 0 radical (unpaired) electrons. The number of allylic oxidation sites excluding steroid dienone is 2. The maximum Gasteiger partial charge on any atom is 0.312 e. The Kier molecular flexibility index (Phi) is 2.09. The highest BCUT2D eigenvalue weighted by molar-refractivity contribution is 5.78. The van der Waals surface area contributed by atoms with Gasteiger partial charge in [0, 0.05) is 0 Å². The summed E-state index contributed by atoms with van der Waals surface area (Å²) in [5.41, 5.74) is -0.140. The van der Waals surface area contributed by atoms with E-state index in [4.69, 9.17) is 4.74 Å². The Labute approximate surface area is 109 Å². The maximum absolute atomic E-state index is 12.3. The molecule has 0 saturated heterocycles. The Morgan fingerprint density at radius 2 is 2.00 bits per heavy atom. The van der Waals surface area contributed by atoms with Crippen LogP contribution in [0.25, 0.3) is 0 Å². The molecule has 7 unspecified atom stereocenters. The molecule has 4 bridgehead atoms. The summed E-state index contributed by atoms with van der Waals surface area (Å²) in [5, 5.41) is 0. The molecule has 2 heteroatoms. The average molecular weight is 246 g/mol. The summed E-state index contributed by atoms with van der Waals surface area (Å²) in [6.45, 7) is 2.18. The number of hydrogen-bond acceptors (Lipinski definition) is 2. The predicted octanol–water partition coefficient (Wildman–Crippen LogP) is 3.03. The van der Waals surface area contributed by atoms with E-state index in [1.807, 2.05) is 0 Å². The number of fused-ring (bicyclic) bond motifs is 9. The number of esters is 1. The van der Waals surface area contributed by atoms with Crippen LogP contribution in [0.1, 0.15) is 32.6 Å². The van der Waals surface area contributed by atoms with Crippen LogP contribution in [0.3, 0.4) is 0 Å². The summed E-state index contributed by atoms with van der Waals surface area (Å²) in [7, 11) is 1.56. The van der Waals surface area contributed by atoms with E-state index in [1.165, 1.54) is 12.8 Å². The first kappa shape index (κ1) is 11.1. The van der Waals surface area contributed by atoms with Gasteiger partial charge in [-0.3, -0.25) is 4.79 Å². The molecule has 0 heterocycles. The lowest BCUT2D eigenvalue weighted by molar-refractivity contribution is -0.159. The van der Waals surface area contributed by atoms with E-state index in [1.54, 1.807) is 7.11 Å². The molecule has 0 aromatic carbocycles. The van der Waals surface area contributed by atoms with E-state index >= 15 is 0 Å². The highest BCUT2D eigenvalue weighted by Gasteiger charge is 2.67. The van der Waals surface area contributed by atoms with Crippen LogP contribution in [0.4, 0.5) is 0 Å². The second-order valence-corrected chi connectivity index (χ2v) is 6.91. The van der Waals surface area contributed by atoms with Gasteiger partial charge in [-0.05, 0) is 61.2 Å². The van der Waals surface area contributed by atoms with Crippen molar-refractivity contribution in [3.63, 3.8) is 0 Å². The second-order valence-electron chi connectivity index (χ2n) is 6.91. The van der Waals surface area contributed by atoms with E-state index < -0.39 is 0 Å². The van der Waals surface area contributed by atoms with Crippen molar-refractivity contribution >= 4 is 5.97 Å². The quantitative estimate of drug-likeness (QED) is 0.425. The molecule has 4 aliphatic rings. The third-order valence-corrected chi connectivity index (χ3v) is 6.71. The summed E-state index contributed by atoms with van der Waals surface area (Å²) in [6, 6.07) is 0. The number of carbonyl (C=O) groups is 1. The largest absolute Gasteiger partial charge is 0.469 e. The molecule has 4 rings (SSSR count). The summed E-state index contributed by atoms with van der Waals surface area (Å²) in [6.07, 6.45) is 9.60. The number of rotatable bonds is 2. The molecule has 18 heavy (non-hydrogen) atoms. The minimum Gasteiger partial charge on any atom is -0.469 e. The zero-order chi connectivity index (χ0) is 12.5. The fourth-order valence-electron chi connectivity index (χ4n) is 6.19. The van der Waals surface area contributed by atoms with Gasteiger partial charge in [0.25, 0.3) is 0 Å². The first-order chi connectivity index (χ1) is 8.71. The Morgan fingerprint density at radius 3 is 2.67 bits per heavy atom. The maximum atomic E-state index is 12.3. The van der Waals surface area contributed by atoms with Gasteiger partial charge in [0.2, 0.25) is 0 Å². The van der Waals surface area contributed by atoms with Crippen LogP contribution in [-0.4, -0.2) is 13.1 Å². The molecular weight excluding hydrogens is 224 g/mol. The number of carbonyl (C=O) groups excluding carboxylic acids is 1. The van der Waals surface area contributed by atoms with Gasteiger partial charge >= 0.3 is 5.97 Å². The molecule has 0 aliphatic heterocycles. The van der Waals surface area contributed by atoms with Gasteiger partial charge in [-0.2, -0.15) is 0 Å². The highest BCUT2D eigenvalue weighted by atomic mass is 16.5. The van der Waals surface area contributed by atoms with Crippen molar-refractivity contribution in [3.05, 3.63) is 12.2 Å². The fourth-order valence-corrected chi connectivity index (χ4v) is 6.19. The molecule has 0 amide bonds. The van der Waals surface area contributed by atoms with Crippen LogP contribution in [-0.2, 0) is 9.53 Å². The van der Waals surface area contributed by atoms with Crippen LogP contribution in [0, 0.1) is 40.9 Å². The molecule has 7 atom stereocenters. The van der Waals surface area contributed by atoms with Crippen LogP contribution < -0.4 is 0 Å². The Balaban J connectivity index is 1.72. The van der Waals surface area contributed by atoms with Crippen molar-refractivity contribution in [2.75, 3.05) is 7.11 Å². The molecule has 0 N–H and O–H groups in total. The number of ether oxygens (including phenoxy) is 1. The Bertz CT molecular complexity index is 427. The summed E-state index contributed by atoms with van der Waals surface area (Å²) < 4.78 is 5.15. The van der Waals surface area contributed by atoms with E-state index in [0.29, 0.717) is 5.92 Å². The van der Waals surface area contributed by atoms with Gasteiger partial charge in [-0.15, -0.1) is 0 Å². The SMILES string of the molecule is CCC1(C(=O)OC)CC2CC1C1C3C=CC(C3)C21. The van der Waals surface area contributed by atoms with Crippen LogP contribution in [0.2, 0.25) is 0 Å². The van der Waals surface area contributed by atoms with Gasteiger partial charge < -0.3 is 4.74 Å². The lowest BCUT2D eigenvalue weighted by Gasteiger charge is -2.43. The standard InChI is InChI=1S/C16H22O2/c1-3-16(15(17)18-2)8-11-7-12(16)14-10-5-4-9(6-10)13(11)14/h4-5,9-14H,3,6-8H2,1-2H3. The molecule has 4 aliphatic carbocycles. The van der Waals surface area contributed by atoms with E-state index in [2.05, 4.69) is 19.1 Å². The monoisotopic (exact) mass is 246 g/mol. The summed E-state index contributed by atoms with van der Waals surface area (Å²) in [4.78, 5) is 12.3. The molecular formula is C16H22O2. The topological polar surface area (TPSA) is 26.3 Å². The van der Waals surface area contributed by atoms with Crippen molar-refractivity contribution < 1.29 is 9.53 Å². The third-order valence-electron chi connectivity index (χ3n) is 6.71. The molecule has 3 fully saturated rings. The fraction of sp³-hybridized carbons (Fsp3) is 0.812. The Hall–Kier alpha value is -0.790. The van der Waals surface area contributed by atoms with Gasteiger partial charge in [-0.1, -0.05) is 19.1 Å². The first-order valence-corrected chi connectivity index (χ1v) is 7.48. The van der Waals surface area contributed by atoms with Gasteiger partial charge in [0.15, 0.2) is 0 Å². The minimum absolute atomic E-state index is 0.0719. The normalized spacial score (nSPS) is 55.0. The van der Waals surface area contributed by atoms with Crippen LogP contribution in [0.15, 0.2) is 12.2 Å². The average Bonchev–Trinajstić information content (AvgIpc) is 3.13. The van der Waals surface area contributed by atoms with Crippen molar-refractivity contribution in [3.8, 4) is 0 Å². The molecule has 0 spiro atoms. The first-order valence-electron chi connectivity index (χ1n) is 7.48. The van der Waals surface area contributed by atoms with E-state index in [0.717, 1.165) is 42.4 Å². The van der Waals surface area contributed by atoms with E-state index in [9.17, 15) is 4.79 Å². The summed E-state index contributed by atoms with van der Waals surface area (Å²) >= 11 is 0. The molecule has 3 saturated carbocycles. The third kappa shape index (κ3) is 1.05. The minimum atomic E-state index is -0.140. The second kappa shape index (κ2) is 3.40. The molecule has 0 aromatic rings. The van der Waals surface area contributed by atoms with Gasteiger partial charge in [0.1, 0.15) is 0 Å². The van der Waals surface area contributed by atoms with Gasteiger partial charge in [0.05, 0.1) is 12.5 Å². The zero-order valence-electron chi connectivity index (χ0n) is 11.3. The lowest BCUT2D eigenvalue weighted by Crippen LogP contribution is -2.44. The van der Waals surface area contributed by atoms with Crippen molar-refractivity contribution in [1.29, 1.82) is 0 Å². The smallest absolute Gasteiger partial charge is 0.312 e. The lowest BCUT2D eigenvalue weighted by atomic mass is 9.61. The number of hydrogen-bond donors (Lipinski definition) is 0. The van der Waals surface area contributed by atoms with Crippen molar-refractivity contribution in [2.24, 2.45) is 40.9 Å². The highest BCUT2D eigenvalue weighted by Crippen LogP contribution is 2.71. The van der Waals surface area contributed by atoms with Crippen molar-refractivity contribution in [2.45, 2.75) is 32.6 Å². The molecule has 98 valence electrons. The summed E-state index contributed by atoms with van der Waals surface area (Å²) in [5.74, 6) is 4.76.